The average molecular weight is 504 g/mol. The van der Waals surface area contributed by atoms with Crippen molar-refractivity contribution in [3.05, 3.63) is 33.0 Å². The highest BCUT2D eigenvalue weighted by Crippen LogP contribution is 2.46. The summed E-state index contributed by atoms with van der Waals surface area (Å²) >= 11 is 0. The summed E-state index contributed by atoms with van der Waals surface area (Å²) in [6, 6.07) is 2.10. The van der Waals surface area contributed by atoms with E-state index in [0.717, 1.165) is 19.1 Å². The van der Waals surface area contributed by atoms with Gasteiger partial charge in [0.05, 0.1) is 24.0 Å². The van der Waals surface area contributed by atoms with E-state index in [1.807, 2.05) is 0 Å². The molecule has 2 aromatic carbocycles. The SMILES string of the molecule is COc1c(O)cc2c(=O)oc3c(O[C@H]4O[C@@H](C)[C@H](O)[C@@H](OC(C)=O)[C@H]4O)c(O)cc4c(=O)oc1c2c34. The minimum absolute atomic E-state index is 0.0110. The van der Waals surface area contributed by atoms with Gasteiger partial charge in [0, 0.05) is 17.7 Å². The maximum absolute atomic E-state index is 12.8. The first-order valence-corrected chi connectivity index (χ1v) is 10.7. The van der Waals surface area contributed by atoms with Crippen molar-refractivity contribution in [1.82, 2.24) is 0 Å². The smallest absolute Gasteiger partial charge is 0.344 e. The number of esters is 1. The highest BCUT2D eigenvalue weighted by Gasteiger charge is 2.46. The molecule has 5 rings (SSSR count). The molecule has 0 saturated carbocycles. The molecule has 1 fully saturated rings. The topological polar surface area (TPSA) is 195 Å². The lowest BCUT2D eigenvalue weighted by Crippen LogP contribution is -2.59. The molecule has 1 aliphatic rings. The van der Waals surface area contributed by atoms with Crippen LogP contribution in [0, 0.1) is 0 Å². The lowest BCUT2D eigenvalue weighted by Gasteiger charge is -2.40. The zero-order chi connectivity index (χ0) is 26.0. The van der Waals surface area contributed by atoms with Crippen LogP contribution in [0.5, 0.6) is 23.0 Å². The van der Waals surface area contributed by atoms with Crippen molar-refractivity contribution in [3.8, 4) is 23.0 Å². The maximum Gasteiger partial charge on any atom is 0.344 e. The van der Waals surface area contributed by atoms with Crippen molar-refractivity contribution in [3.63, 3.8) is 0 Å². The third-order valence-corrected chi connectivity index (χ3v) is 6.03. The van der Waals surface area contributed by atoms with Crippen LogP contribution in [0.1, 0.15) is 13.8 Å². The third kappa shape index (κ3) is 3.39. The molecule has 0 aliphatic carbocycles. The van der Waals surface area contributed by atoms with Gasteiger partial charge in [-0.15, -0.1) is 0 Å². The lowest BCUT2D eigenvalue weighted by atomic mass is 9.99. The van der Waals surface area contributed by atoms with Crippen molar-refractivity contribution in [2.75, 3.05) is 7.11 Å². The first-order chi connectivity index (χ1) is 17.0. The van der Waals surface area contributed by atoms with Gasteiger partial charge in [-0.3, -0.25) is 4.79 Å². The number of phenols is 2. The number of aliphatic hydroxyl groups excluding tert-OH is 2. The normalized spacial score (nSPS) is 24.4. The van der Waals surface area contributed by atoms with Crippen LogP contribution in [0.3, 0.4) is 0 Å². The summed E-state index contributed by atoms with van der Waals surface area (Å²) in [5.74, 6) is -2.59. The van der Waals surface area contributed by atoms with E-state index in [1.54, 1.807) is 0 Å². The molecular weight excluding hydrogens is 484 g/mol. The van der Waals surface area contributed by atoms with Gasteiger partial charge in [-0.1, -0.05) is 0 Å². The summed E-state index contributed by atoms with van der Waals surface area (Å²) in [6.45, 7) is 2.53. The van der Waals surface area contributed by atoms with Gasteiger partial charge in [0.1, 0.15) is 6.10 Å². The summed E-state index contributed by atoms with van der Waals surface area (Å²) < 4.78 is 32.0. The van der Waals surface area contributed by atoms with Crippen LogP contribution in [-0.4, -0.2) is 64.2 Å². The van der Waals surface area contributed by atoms with Gasteiger partial charge in [-0.05, 0) is 19.1 Å². The van der Waals surface area contributed by atoms with E-state index in [1.165, 1.54) is 14.0 Å². The van der Waals surface area contributed by atoms with Gasteiger partial charge in [-0.25, -0.2) is 9.59 Å². The Balaban J connectivity index is 1.74. The third-order valence-electron chi connectivity index (χ3n) is 6.03. The monoisotopic (exact) mass is 504 g/mol. The summed E-state index contributed by atoms with van der Waals surface area (Å²) in [6.07, 6.45) is -7.11. The minimum atomic E-state index is -1.72. The predicted octanol–water partition coefficient (Wildman–Crippen LogP) is 0.687. The van der Waals surface area contributed by atoms with Crippen molar-refractivity contribution in [2.24, 2.45) is 0 Å². The van der Waals surface area contributed by atoms with Crippen molar-refractivity contribution in [2.45, 2.75) is 44.6 Å². The predicted molar refractivity (Wildman–Crippen MR) is 120 cm³/mol. The Morgan fingerprint density at radius 1 is 0.917 bits per heavy atom. The number of carbonyl (C=O) groups is 1. The molecule has 0 amide bonds. The Labute approximate surface area is 199 Å². The van der Waals surface area contributed by atoms with Crippen LogP contribution >= 0.6 is 0 Å². The molecule has 1 aliphatic heterocycles. The fraction of sp³-hybridized carbons (Fsp3) is 0.348. The Morgan fingerprint density at radius 3 is 1.97 bits per heavy atom. The quantitative estimate of drug-likeness (QED) is 0.172. The molecule has 1 saturated heterocycles. The van der Waals surface area contributed by atoms with E-state index in [9.17, 15) is 34.8 Å². The van der Waals surface area contributed by atoms with Crippen LogP contribution in [0.2, 0.25) is 0 Å². The number of rotatable bonds is 4. The molecule has 0 spiro atoms. The molecule has 13 heteroatoms. The number of hydrogen-bond acceptors (Lipinski definition) is 13. The second-order valence-electron chi connectivity index (χ2n) is 8.32. The zero-order valence-corrected chi connectivity index (χ0v) is 19.0. The fourth-order valence-electron chi connectivity index (χ4n) is 4.41. The maximum atomic E-state index is 12.8. The van der Waals surface area contributed by atoms with E-state index in [4.69, 9.17) is 27.8 Å². The number of aromatic hydroxyl groups is 2. The van der Waals surface area contributed by atoms with Crippen LogP contribution in [0.15, 0.2) is 30.6 Å². The van der Waals surface area contributed by atoms with Crippen LogP contribution in [0.4, 0.5) is 0 Å². The van der Waals surface area contributed by atoms with Gasteiger partial charge in [0.25, 0.3) is 0 Å². The van der Waals surface area contributed by atoms with Gasteiger partial charge in [0.15, 0.2) is 34.9 Å². The van der Waals surface area contributed by atoms with Gasteiger partial charge in [-0.2, -0.15) is 0 Å². The largest absolute Gasteiger partial charge is 0.504 e. The molecule has 36 heavy (non-hydrogen) atoms. The molecule has 0 bridgehead atoms. The number of phenolic OH excluding ortho intramolecular Hbond substituents is 2. The summed E-state index contributed by atoms with van der Waals surface area (Å²) in [4.78, 5) is 37.0. The number of aliphatic hydroxyl groups is 2. The van der Waals surface area contributed by atoms with Gasteiger partial charge >= 0.3 is 17.2 Å². The molecule has 4 aromatic rings. The van der Waals surface area contributed by atoms with Crippen LogP contribution in [0.25, 0.3) is 32.7 Å². The average Bonchev–Trinajstić information content (AvgIpc) is 2.81. The molecular formula is C23H20O13. The van der Waals surface area contributed by atoms with E-state index >= 15 is 0 Å². The Bertz CT molecular complexity index is 1620. The van der Waals surface area contributed by atoms with E-state index < -0.39 is 65.2 Å². The van der Waals surface area contributed by atoms with Gasteiger partial charge in [0.2, 0.25) is 17.8 Å². The van der Waals surface area contributed by atoms with Gasteiger partial charge < -0.3 is 48.2 Å². The number of hydrogen-bond donors (Lipinski definition) is 4. The number of benzene rings is 2. The summed E-state index contributed by atoms with van der Waals surface area (Å²) in [5, 5.41) is 41.7. The Hall–Kier alpha value is -4.07. The second-order valence-corrected chi connectivity index (χ2v) is 8.32. The molecule has 2 aromatic heterocycles. The second kappa shape index (κ2) is 8.26. The number of ether oxygens (including phenoxy) is 4. The number of carbonyl (C=O) groups excluding carboxylic acids is 1. The van der Waals surface area contributed by atoms with Crippen LogP contribution in [-0.2, 0) is 14.3 Å². The molecule has 13 nitrogen and oxygen atoms in total. The standard InChI is InChI=1S/C23H20O13/c1-6-14(27)20(33-7(2)24)15(28)23(32-6)36-17-11(26)5-9-13-12-8(22(30)35-19(13)17)4-10(25)16(31-3)18(12)34-21(9)29/h4-6,14-15,20,23,25-28H,1-3H3/t6-,14-,15+,20+,23+/m0/s1. The highest BCUT2D eigenvalue weighted by atomic mass is 16.7. The molecule has 3 heterocycles. The van der Waals surface area contributed by atoms with E-state index in [-0.39, 0.29) is 38.5 Å². The molecule has 5 atom stereocenters. The Kier molecular flexibility index (Phi) is 5.43. The first-order valence-electron chi connectivity index (χ1n) is 10.7. The molecule has 0 radical (unpaired) electrons. The number of methoxy groups -OCH3 is 1. The summed E-state index contributed by atoms with van der Waals surface area (Å²) in [7, 11) is 1.23. The first kappa shape index (κ1) is 23.7. The molecule has 190 valence electrons. The summed E-state index contributed by atoms with van der Waals surface area (Å²) in [5.41, 5.74) is -2.52. The van der Waals surface area contributed by atoms with Crippen LogP contribution < -0.4 is 20.7 Å². The zero-order valence-electron chi connectivity index (χ0n) is 19.0. The lowest BCUT2D eigenvalue weighted by molar-refractivity contribution is -0.272. The Morgan fingerprint density at radius 2 is 1.44 bits per heavy atom. The van der Waals surface area contributed by atoms with E-state index in [2.05, 4.69) is 0 Å². The van der Waals surface area contributed by atoms with Crippen molar-refractivity contribution >= 4 is 38.7 Å². The molecule has 4 N–H and O–H groups in total. The molecule has 0 unspecified atom stereocenters. The van der Waals surface area contributed by atoms with Crippen molar-refractivity contribution < 1.29 is 53.0 Å². The highest BCUT2D eigenvalue weighted by molar-refractivity contribution is 6.22. The fourth-order valence-corrected chi connectivity index (χ4v) is 4.41. The van der Waals surface area contributed by atoms with Crippen molar-refractivity contribution in [1.29, 1.82) is 0 Å². The van der Waals surface area contributed by atoms with E-state index in [0.29, 0.717) is 0 Å². The minimum Gasteiger partial charge on any atom is -0.504 e.